The molecule has 1 aliphatic heterocycles. The first-order valence-electron chi connectivity index (χ1n) is 8.30. The highest BCUT2D eigenvalue weighted by molar-refractivity contribution is 5.85. The molecule has 1 saturated heterocycles. The van der Waals surface area contributed by atoms with Crippen molar-refractivity contribution in [2.24, 2.45) is 11.7 Å². The summed E-state index contributed by atoms with van der Waals surface area (Å²) in [7, 11) is 0. The number of anilines is 1. The van der Waals surface area contributed by atoms with Gasteiger partial charge in [0.15, 0.2) is 5.82 Å². The number of nitrogens with zero attached hydrogens (tertiary/aromatic N) is 4. The van der Waals surface area contributed by atoms with Crippen LogP contribution in [0.5, 0.6) is 0 Å². The molecular formula is C16H27Cl2N5O. The first-order chi connectivity index (χ1) is 10.7. The summed E-state index contributed by atoms with van der Waals surface area (Å²) in [6.45, 7) is 3.33. The molecular weight excluding hydrogens is 349 g/mol. The van der Waals surface area contributed by atoms with Crippen LogP contribution < -0.4 is 10.6 Å². The van der Waals surface area contributed by atoms with E-state index < -0.39 is 0 Å². The molecule has 1 amide bonds. The van der Waals surface area contributed by atoms with Crippen LogP contribution in [0.4, 0.5) is 5.82 Å². The Bertz CT molecular complexity index is 505. The van der Waals surface area contributed by atoms with Gasteiger partial charge < -0.3 is 15.5 Å². The molecule has 2 N–H and O–H groups in total. The van der Waals surface area contributed by atoms with E-state index in [-0.39, 0.29) is 36.8 Å². The minimum Gasteiger partial charge on any atom is -0.353 e. The quantitative estimate of drug-likeness (QED) is 0.872. The maximum absolute atomic E-state index is 12.5. The van der Waals surface area contributed by atoms with Crippen LogP contribution in [0.3, 0.4) is 0 Å². The SMILES string of the molecule is Cl.Cl.N[C@@H]1CCC[C@H]1CC(=O)N1CCCN(c2cccnn2)CC1. The van der Waals surface area contributed by atoms with Gasteiger partial charge in [0.05, 0.1) is 0 Å². The van der Waals surface area contributed by atoms with E-state index >= 15 is 0 Å². The Morgan fingerprint density at radius 3 is 2.67 bits per heavy atom. The Hall–Kier alpha value is -1.11. The predicted molar refractivity (Wildman–Crippen MR) is 99.9 cm³/mol. The third-order valence-electron chi connectivity index (χ3n) is 4.89. The number of aromatic nitrogens is 2. The zero-order chi connectivity index (χ0) is 15.4. The summed E-state index contributed by atoms with van der Waals surface area (Å²) in [6.07, 6.45) is 6.61. The summed E-state index contributed by atoms with van der Waals surface area (Å²) in [5.74, 6) is 1.55. The van der Waals surface area contributed by atoms with Gasteiger partial charge in [-0.15, -0.1) is 29.9 Å². The molecule has 3 rings (SSSR count). The highest BCUT2D eigenvalue weighted by Gasteiger charge is 2.28. The molecule has 1 aromatic rings. The van der Waals surface area contributed by atoms with Gasteiger partial charge in [0.2, 0.25) is 5.91 Å². The van der Waals surface area contributed by atoms with Crippen molar-refractivity contribution >= 4 is 36.5 Å². The Morgan fingerprint density at radius 2 is 2.00 bits per heavy atom. The lowest BCUT2D eigenvalue weighted by Gasteiger charge is -2.24. The molecule has 24 heavy (non-hydrogen) atoms. The minimum atomic E-state index is 0. The fraction of sp³-hybridized carbons (Fsp3) is 0.688. The number of carbonyl (C=O) groups excluding carboxylic acids is 1. The average Bonchev–Trinajstić information content (AvgIpc) is 2.80. The number of amides is 1. The number of carbonyl (C=O) groups is 1. The van der Waals surface area contributed by atoms with Crippen molar-refractivity contribution in [1.82, 2.24) is 15.1 Å². The first kappa shape index (κ1) is 20.9. The predicted octanol–water partition coefficient (Wildman–Crippen LogP) is 1.88. The lowest BCUT2D eigenvalue weighted by molar-refractivity contribution is -0.132. The van der Waals surface area contributed by atoms with E-state index in [1.807, 2.05) is 17.0 Å². The Labute approximate surface area is 156 Å². The second-order valence-corrected chi connectivity index (χ2v) is 6.36. The highest BCUT2D eigenvalue weighted by Crippen LogP contribution is 2.27. The van der Waals surface area contributed by atoms with Gasteiger partial charge in [-0.1, -0.05) is 6.42 Å². The lowest BCUT2D eigenvalue weighted by Crippen LogP contribution is -2.38. The highest BCUT2D eigenvalue weighted by atomic mass is 35.5. The zero-order valence-electron chi connectivity index (χ0n) is 13.8. The van der Waals surface area contributed by atoms with Gasteiger partial charge in [0.1, 0.15) is 0 Å². The van der Waals surface area contributed by atoms with Crippen LogP contribution in [-0.4, -0.2) is 53.2 Å². The van der Waals surface area contributed by atoms with Crippen LogP contribution in [-0.2, 0) is 4.79 Å². The largest absolute Gasteiger partial charge is 0.353 e. The van der Waals surface area contributed by atoms with Crippen LogP contribution in [0.15, 0.2) is 18.3 Å². The molecule has 0 aromatic carbocycles. The van der Waals surface area contributed by atoms with E-state index in [0.29, 0.717) is 12.3 Å². The molecule has 8 heteroatoms. The molecule has 0 bridgehead atoms. The van der Waals surface area contributed by atoms with Gasteiger partial charge in [-0.25, -0.2) is 0 Å². The van der Waals surface area contributed by atoms with E-state index in [2.05, 4.69) is 15.1 Å². The Kier molecular flexibility index (Phi) is 8.73. The van der Waals surface area contributed by atoms with Crippen LogP contribution in [0, 0.1) is 5.92 Å². The fourth-order valence-electron chi connectivity index (χ4n) is 3.53. The number of hydrogen-bond acceptors (Lipinski definition) is 5. The number of nitrogens with two attached hydrogens (primary N) is 1. The second-order valence-electron chi connectivity index (χ2n) is 6.36. The summed E-state index contributed by atoms with van der Waals surface area (Å²) < 4.78 is 0. The standard InChI is InChI=1S/C16H25N5O.2ClH/c17-14-5-1-4-13(14)12-16(22)21-9-3-8-20(10-11-21)15-6-2-7-18-19-15;;/h2,6-7,13-14H,1,3-5,8-12,17H2;2*1H/t13-,14+;;/m0../s1. The number of rotatable bonds is 3. The first-order valence-corrected chi connectivity index (χ1v) is 8.30. The van der Waals surface area contributed by atoms with Crippen molar-refractivity contribution < 1.29 is 4.79 Å². The van der Waals surface area contributed by atoms with E-state index in [1.54, 1.807) is 6.20 Å². The summed E-state index contributed by atoms with van der Waals surface area (Å²) in [5, 5.41) is 8.10. The van der Waals surface area contributed by atoms with Gasteiger partial charge in [-0.2, -0.15) is 5.10 Å². The number of halogens is 2. The third kappa shape index (κ3) is 5.19. The molecule has 2 fully saturated rings. The smallest absolute Gasteiger partial charge is 0.222 e. The second kappa shape index (κ2) is 10.0. The normalized spacial score (nSPS) is 23.9. The summed E-state index contributed by atoms with van der Waals surface area (Å²) >= 11 is 0. The molecule has 2 aliphatic rings. The maximum Gasteiger partial charge on any atom is 0.222 e. The van der Waals surface area contributed by atoms with Crippen LogP contribution in [0.25, 0.3) is 0 Å². The Balaban J connectivity index is 0.00000144. The molecule has 1 aliphatic carbocycles. The summed E-state index contributed by atoms with van der Waals surface area (Å²) in [6, 6.07) is 4.09. The molecule has 6 nitrogen and oxygen atoms in total. The lowest BCUT2D eigenvalue weighted by atomic mass is 9.99. The summed E-state index contributed by atoms with van der Waals surface area (Å²) in [4.78, 5) is 16.7. The molecule has 136 valence electrons. The third-order valence-corrected chi connectivity index (χ3v) is 4.89. The molecule has 0 unspecified atom stereocenters. The topological polar surface area (TPSA) is 75.4 Å². The van der Waals surface area contributed by atoms with Gasteiger partial charge >= 0.3 is 0 Å². The molecule has 0 radical (unpaired) electrons. The van der Waals surface area contributed by atoms with Crippen molar-refractivity contribution in [3.63, 3.8) is 0 Å². The van der Waals surface area contributed by atoms with Gasteiger partial charge in [0, 0.05) is 44.8 Å². The zero-order valence-corrected chi connectivity index (χ0v) is 15.5. The van der Waals surface area contributed by atoms with Crippen LogP contribution in [0.1, 0.15) is 32.1 Å². The summed E-state index contributed by atoms with van der Waals surface area (Å²) in [5.41, 5.74) is 6.09. The van der Waals surface area contributed by atoms with Crippen LogP contribution >= 0.6 is 24.8 Å². The molecule has 1 saturated carbocycles. The minimum absolute atomic E-state index is 0. The number of hydrogen-bond donors (Lipinski definition) is 1. The van der Waals surface area contributed by atoms with E-state index in [4.69, 9.17) is 5.73 Å². The van der Waals surface area contributed by atoms with Crippen molar-refractivity contribution in [3.8, 4) is 0 Å². The Morgan fingerprint density at radius 1 is 1.17 bits per heavy atom. The molecule has 2 atom stereocenters. The van der Waals surface area contributed by atoms with Crippen molar-refractivity contribution in [2.75, 3.05) is 31.1 Å². The average molecular weight is 376 g/mol. The van der Waals surface area contributed by atoms with Gasteiger partial charge in [0.25, 0.3) is 0 Å². The molecule has 2 heterocycles. The van der Waals surface area contributed by atoms with E-state index in [1.165, 1.54) is 6.42 Å². The molecule has 0 spiro atoms. The van der Waals surface area contributed by atoms with Gasteiger partial charge in [-0.05, 0) is 37.3 Å². The van der Waals surface area contributed by atoms with Crippen LogP contribution in [0.2, 0.25) is 0 Å². The monoisotopic (exact) mass is 375 g/mol. The van der Waals surface area contributed by atoms with Crippen molar-refractivity contribution in [1.29, 1.82) is 0 Å². The van der Waals surface area contributed by atoms with E-state index in [0.717, 1.165) is 51.3 Å². The molecule has 1 aromatic heterocycles. The van der Waals surface area contributed by atoms with E-state index in [9.17, 15) is 4.79 Å². The maximum atomic E-state index is 12.5. The fourth-order valence-corrected chi connectivity index (χ4v) is 3.53. The van der Waals surface area contributed by atoms with Crippen molar-refractivity contribution in [2.45, 2.75) is 38.1 Å². The van der Waals surface area contributed by atoms with Gasteiger partial charge in [-0.3, -0.25) is 4.79 Å². The van der Waals surface area contributed by atoms with Crippen molar-refractivity contribution in [3.05, 3.63) is 18.3 Å².